The second-order valence-electron chi connectivity index (χ2n) is 3.81. The Bertz CT molecular complexity index is 555. The average molecular weight is 244 g/mol. The number of nitro groups is 1. The number of pyridine rings is 1. The van der Waals surface area contributed by atoms with Gasteiger partial charge in [-0.1, -0.05) is 30.3 Å². The molecule has 0 unspecified atom stereocenters. The standard InChI is InChI=1S/C13H12N2O3/c1-10-7-8-14-13(12(10)15(16)17)18-9-11-5-3-2-4-6-11/h2-8H,9H2,1H3. The van der Waals surface area contributed by atoms with Gasteiger partial charge in [0.15, 0.2) is 0 Å². The Morgan fingerprint density at radius 2 is 2.00 bits per heavy atom. The van der Waals surface area contributed by atoms with Crippen LogP contribution in [0.25, 0.3) is 0 Å². The first-order valence-electron chi connectivity index (χ1n) is 5.45. The highest BCUT2D eigenvalue weighted by molar-refractivity contribution is 5.47. The zero-order chi connectivity index (χ0) is 13.0. The average Bonchev–Trinajstić information content (AvgIpc) is 2.37. The van der Waals surface area contributed by atoms with E-state index >= 15 is 0 Å². The van der Waals surface area contributed by atoms with Gasteiger partial charge in [0.2, 0.25) is 0 Å². The maximum atomic E-state index is 10.9. The Hall–Kier alpha value is -2.43. The van der Waals surface area contributed by atoms with Gasteiger partial charge in [0.1, 0.15) is 6.61 Å². The van der Waals surface area contributed by atoms with Gasteiger partial charge in [0.05, 0.1) is 4.92 Å². The van der Waals surface area contributed by atoms with Crippen LogP contribution in [-0.4, -0.2) is 9.91 Å². The van der Waals surface area contributed by atoms with Gasteiger partial charge in [-0.2, -0.15) is 0 Å². The van der Waals surface area contributed by atoms with Crippen LogP contribution in [0.1, 0.15) is 11.1 Å². The van der Waals surface area contributed by atoms with Crippen molar-refractivity contribution in [2.45, 2.75) is 13.5 Å². The van der Waals surface area contributed by atoms with Crippen molar-refractivity contribution < 1.29 is 9.66 Å². The number of aromatic nitrogens is 1. The van der Waals surface area contributed by atoms with Crippen LogP contribution in [0.4, 0.5) is 5.69 Å². The molecule has 5 heteroatoms. The summed E-state index contributed by atoms with van der Waals surface area (Å²) in [5, 5.41) is 10.9. The number of ether oxygens (including phenoxy) is 1. The molecule has 92 valence electrons. The molecule has 2 aromatic rings. The van der Waals surface area contributed by atoms with Gasteiger partial charge in [-0.15, -0.1) is 0 Å². The van der Waals surface area contributed by atoms with Crippen molar-refractivity contribution in [1.82, 2.24) is 4.98 Å². The van der Waals surface area contributed by atoms with E-state index in [0.717, 1.165) is 5.56 Å². The molecule has 0 atom stereocenters. The van der Waals surface area contributed by atoms with Gasteiger partial charge < -0.3 is 4.74 Å². The van der Waals surface area contributed by atoms with E-state index in [1.54, 1.807) is 13.0 Å². The van der Waals surface area contributed by atoms with Crippen LogP contribution in [0.5, 0.6) is 5.88 Å². The molecule has 5 nitrogen and oxygen atoms in total. The highest BCUT2D eigenvalue weighted by atomic mass is 16.6. The lowest BCUT2D eigenvalue weighted by Crippen LogP contribution is -2.02. The lowest BCUT2D eigenvalue weighted by atomic mass is 10.2. The predicted octanol–water partition coefficient (Wildman–Crippen LogP) is 2.88. The Balaban J connectivity index is 2.20. The van der Waals surface area contributed by atoms with E-state index in [0.29, 0.717) is 5.56 Å². The van der Waals surface area contributed by atoms with E-state index in [1.165, 1.54) is 6.20 Å². The van der Waals surface area contributed by atoms with E-state index in [1.807, 2.05) is 30.3 Å². The summed E-state index contributed by atoms with van der Waals surface area (Å²) in [5.41, 5.74) is 1.40. The maximum Gasteiger partial charge on any atom is 0.333 e. The summed E-state index contributed by atoms with van der Waals surface area (Å²) >= 11 is 0. The molecule has 0 fully saturated rings. The van der Waals surface area contributed by atoms with E-state index in [-0.39, 0.29) is 18.2 Å². The molecule has 18 heavy (non-hydrogen) atoms. The van der Waals surface area contributed by atoms with Gasteiger partial charge in [-0.05, 0) is 18.6 Å². The molecule has 1 heterocycles. The molecule has 0 N–H and O–H groups in total. The predicted molar refractivity (Wildman–Crippen MR) is 66.4 cm³/mol. The lowest BCUT2D eigenvalue weighted by Gasteiger charge is -2.06. The molecule has 1 aromatic carbocycles. The normalized spacial score (nSPS) is 10.1. The van der Waals surface area contributed by atoms with Crippen LogP contribution in [-0.2, 0) is 6.61 Å². The van der Waals surface area contributed by atoms with Crippen LogP contribution >= 0.6 is 0 Å². The summed E-state index contributed by atoms with van der Waals surface area (Å²) in [5.74, 6) is 0.0591. The quantitative estimate of drug-likeness (QED) is 0.612. The number of benzene rings is 1. The molecule has 0 bridgehead atoms. The number of hydrogen-bond donors (Lipinski definition) is 0. The maximum absolute atomic E-state index is 10.9. The van der Waals surface area contributed by atoms with Gasteiger partial charge in [-0.3, -0.25) is 10.1 Å². The number of aryl methyl sites for hydroxylation is 1. The van der Waals surface area contributed by atoms with E-state index in [2.05, 4.69) is 4.98 Å². The minimum atomic E-state index is -0.470. The van der Waals surface area contributed by atoms with Gasteiger partial charge in [0.25, 0.3) is 5.88 Å². The van der Waals surface area contributed by atoms with Crippen molar-refractivity contribution in [3.63, 3.8) is 0 Å². The Morgan fingerprint density at radius 1 is 1.28 bits per heavy atom. The lowest BCUT2D eigenvalue weighted by molar-refractivity contribution is -0.386. The number of nitrogens with zero attached hydrogens (tertiary/aromatic N) is 2. The fraction of sp³-hybridized carbons (Fsp3) is 0.154. The molecule has 0 spiro atoms. The van der Waals surface area contributed by atoms with Crippen LogP contribution in [0.3, 0.4) is 0 Å². The van der Waals surface area contributed by atoms with Crippen molar-refractivity contribution in [3.05, 3.63) is 63.8 Å². The third-order valence-electron chi connectivity index (χ3n) is 2.49. The molecule has 1 aromatic heterocycles. The van der Waals surface area contributed by atoms with E-state index in [4.69, 9.17) is 4.74 Å². The fourth-order valence-electron chi connectivity index (χ4n) is 1.58. The van der Waals surface area contributed by atoms with Crippen molar-refractivity contribution in [2.24, 2.45) is 0 Å². The highest BCUT2D eigenvalue weighted by Gasteiger charge is 2.19. The second kappa shape index (κ2) is 5.27. The van der Waals surface area contributed by atoms with Crippen LogP contribution in [0, 0.1) is 17.0 Å². The smallest absolute Gasteiger partial charge is 0.333 e. The van der Waals surface area contributed by atoms with Crippen LogP contribution in [0.15, 0.2) is 42.6 Å². The summed E-state index contributed by atoms with van der Waals surface area (Å²) in [6.07, 6.45) is 1.50. The Kier molecular flexibility index (Phi) is 3.52. The summed E-state index contributed by atoms with van der Waals surface area (Å²) in [7, 11) is 0. The number of rotatable bonds is 4. The molecule has 0 aliphatic carbocycles. The van der Waals surface area contributed by atoms with Crippen molar-refractivity contribution >= 4 is 5.69 Å². The molecule has 0 saturated heterocycles. The fourth-order valence-corrected chi connectivity index (χ4v) is 1.58. The molecule has 0 aliphatic rings. The first-order chi connectivity index (χ1) is 8.68. The van der Waals surface area contributed by atoms with Crippen molar-refractivity contribution in [1.29, 1.82) is 0 Å². The van der Waals surface area contributed by atoms with Gasteiger partial charge in [0, 0.05) is 11.8 Å². The van der Waals surface area contributed by atoms with E-state index in [9.17, 15) is 10.1 Å². The number of hydrogen-bond acceptors (Lipinski definition) is 4. The van der Waals surface area contributed by atoms with Gasteiger partial charge >= 0.3 is 5.69 Å². The summed E-state index contributed by atoms with van der Waals surface area (Å²) in [6, 6.07) is 11.0. The minimum Gasteiger partial charge on any atom is -0.468 e. The minimum absolute atomic E-state index is 0.0591. The topological polar surface area (TPSA) is 65.3 Å². The first kappa shape index (κ1) is 12.0. The Labute approximate surface area is 104 Å². The third-order valence-corrected chi connectivity index (χ3v) is 2.49. The highest BCUT2D eigenvalue weighted by Crippen LogP contribution is 2.28. The second-order valence-corrected chi connectivity index (χ2v) is 3.81. The summed E-state index contributed by atoms with van der Waals surface area (Å²) in [4.78, 5) is 14.4. The Morgan fingerprint density at radius 3 is 2.67 bits per heavy atom. The molecular formula is C13H12N2O3. The summed E-state index contributed by atoms with van der Waals surface area (Å²) < 4.78 is 5.41. The zero-order valence-electron chi connectivity index (χ0n) is 9.87. The largest absolute Gasteiger partial charge is 0.468 e. The van der Waals surface area contributed by atoms with Crippen molar-refractivity contribution in [2.75, 3.05) is 0 Å². The van der Waals surface area contributed by atoms with Crippen LogP contribution < -0.4 is 4.74 Å². The van der Waals surface area contributed by atoms with Gasteiger partial charge in [-0.25, -0.2) is 4.98 Å². The van der Waals surface area contributed by atoms with E-state index < -0.39 is 4.92 Å². The SMILES string of the molecule is Cc1ccnc(OCc2ccccc2)c1[N+](=O)[O-]. The van der Waals surface area contributed by atoms with Crippen molar-refractivity contribution in [3.8, 4) is 5.88 Å². The molecule has 0 radical (unpaired) electrons. The zero-order valence-corrected chi connectivity index (χ0v) is 9.87. The molecule has 2 rings (SSSR count). The summed E-state index contributed by atoms with van der Waals surface area (Å²) in [6.45, 7) is 1.92. The molecule has 0 saturated carbocycles. The van der Waals surface area contributed by atoms with Crippen LogP contribution in [0.2, 0.25) is 0 Å². The third kappa shape index (κ3) is 2.63. The molecule has 0 aliphatic heterocycles. The first-order valence-corrected chi connectivity index (χ1v) is 5.45. The molecule has 0 amide bonds. The monoisotopic (exact) mass is 244 g/mol. The molecular weight excluding hydrogens is 232 g/mol.